The van der Waals surface area contributed by atoms with E-state index in [4.69, 9.17) is 4.52 Å². The predicted molar refractivity (Wildman–Crippen MR) is 70.8 cm³/mol. The molecule has 0 fully saturated rings. The molecule has 2 aromatic rings. The number of rotatable bonds is 5. The minimum absolute atomic E-state index is 0.0628. The number of pyridine rings is 1. The highest BCUT2D eigenvalue weighted by atomic mass is 19.1. The lowest BCUT2D eigenvalue weighted by Crippen LogP contribution is -2.24. The second-order valence-electron chi connectivity index (χ2n) is 4.17. The molecule has 0 unspecified atom stereocenters. The molecular weight excluding hydrogens is 263 g/mol. The Hall–Kier alpha value is -2.44. The standard InChI is InChI=1S/C13H15FN4O2/c1-3-15-12-11(14)10(4-5-16-12)13(19)17-7-9-6-8(2)18-20-9/h4-6H,3,7H2,1-2H3,(H,15,16)(H,17,19). The highest BCUT2D eigenvalue weighted by Gasteiger charge is 2.16. The van der Waals surface area contributed by atoms with E-state index in [1.54, 1.807) is 13.0 Å². The second-order valence-corrected chi connectivity index (χ2v) is 4.17. The van der Waals surface area contributed by atoms with Crippen LogP contribution in [0.25, 0.3) is 0 Å². The number of nitrogens with one attached hydrogen (secondary N) is 2. The predicted octanol–water partition coefficient (Wildman–Crippen LogP) is 1.88. The lowest BCUT2D eigenvalue weighted by Gasteiger charge is -2.08. The van der Waals surface area contributed by atoms with Gasteiger partial charge in [0.1, 0.15) is 0 Å². The van der Waals surface area contributed by atoms with Gasteiger partial charge in [0.25, 0.3) is 5.91 Å². The Morgan fingerprint density at radius 3 is 2.95 bits per heavy atom. The van der Waals surface area contributed by atoms with Crippen molar-refractivity contribution in [1.29, 1.82) is 0 Å². The normalized spacial score (nSPS) is 10.3. The van der Waals surface area contributed by atoms with Crippen molar-refractivity contribution in [3.63, 3.8) is 0 Å². The van der Waals surface area contributed by atoms with Gasteiger partial charge in [-0.05, 0) is 19.9 Å². The van der Waals surface area contributed by atoms with Gasteiger partial charge in [-0.15, -0.1) is 0 Å². The van der Waals surface area contributed by atoms with Crippen molar-refractivity contribution < 1.29 is 13.7 Å². The number of aryl methyl sites for hydroxylation is 1. The molecular formula is C13H15FN4O2. The Labute approximate surface area is 115 Å². The summed E-state index contributed by atoms with van der Waals surface area (Å²) in [6.07, 6.45) is 1.38. The summed E-state index contributed by atoms with van der Waals surface area (Å²) >= 11 is 0. The maximum atomic E-state index is 14.0. The Morgan fingerprint density at radius 2 is 2.30 bits per heavy atom. The largest absolute Gasteiger partial charge is 0.368 e. The van der Waals surface area contributed by atoms with Crippen molar-refractivity contribution in [2.45, 2.75) is 20.4 Å². The van der Waals surface area contributed by atoms with Crippen molar-refractivity contribution in [3.05, 3.63) is 41.2 Å². The summed E-state index contributed by atoms with van der Waals surface area (Å²) in [4.78, 5) is 15.8. The topological polar surface area (TPSA) is 80.0 Å². The van der Waals surface area contributed by atoms with E-state index in [9.17, 15) is 9.18 Å². The molecule has 0 aliphatic rings. The van der Waals surface area contributed by atoms with Crippen LogP contribution in [0.2, 0.25) is 0 Å². The van der Waals surface area contributed by atoms with Crippen LogP contribution in [0.1, 0.15) is 28.7 Å². The van der Waals surface area contributed by atoms with Gasteiger partial charge in [-0.25, -0.2) is 9.37 Å². The summed E-state index contributed by atoms with van der Waals surface area (Å²) in [6.45, 7) is 4.27. The van der Waals surface area contributed by atoms with Crippen LogP contribution >= 0.6 is 0 Å². The summed E-state index contributed by atoms with van der Waals surface area (Å²) in [5, 5.41) is 9.03. The molecule has 2 heterocycles. The summed E-state index contributed by atoms with van der Waals surface area (Å²) in [6, 6.07) is 3.03. The number of nitrogens with zero attached hydrogens (tertiary/aromatic N) is 2. The fourth-order valence-corrected chi connectivity index (χ4v) is 1.67. The zero-order valence-corrected chi connectivity index (χ0v) is 11.2. The fraction of sp³-hybridized carbons (Fsp3) is 0.308. The summed E-state index contributed by atoms with van der Waals surface area (Å²) in [5.74, 6) is -0.619. The maximum Gasteiger partial charge on any atom is 0.254 e. The van der Waals surface area contributed by atoms with Crippen molar-refractivity contribution in [2.75, 3.05) is 11.9 Å². The van der Waals surface area contributed by atoms with Crippen molar-refractivity contribution >= 4 is 11.7 Å². The molecule has 0 bridgehead atoms. The van der Waals surface area contributed by atoms with Gasteiger partial charge in [0.15, 0.2) is 17.4 Å². The van der Waals surface area contributed by atoms with Crippen LogP contribution in [0, 0.1) is 12.7 Å². The van der Waals surface area contributed by atoms with Crippen LogP contribution in [-0.4, -0.2) is 22.6 Å². The van der Waals surface area contributed by atoms with E-state index in [0.717, 1.165) is 5.69 Å². The van der Waals surface area contributed by atoms with Gasteiger partial charge < -0.3 is 15.2 Å². The molecule has 0 saturated heterocycles. The summed E-state index contributed by atoms with van der Waals surface area (Å²) in [5.41, 5.74) is 0.658. The average Bonchev–Trinajstić information content (AvgIpc) is 2.84. The van der Waals surface area contributed by atoms with Crippen molar-refractivity contribution in [2.24, 2.45) is 0 Å². The molecule has 0 aliphatic carbocycles. The van der Waals surface area contributed by atoms with Crippen molar-refractivity contribution in [1.82, 2.24) is 15.5 Å². The Morgan fingerprint density at radius 1 is 1.50 bits per heavy atom. The zero-order valence-electron chi connectivity index (χ0n) is 11.2. The van der Waals surface area contributed by atoms with Crippen molar-refractivity contribution in [3.8, 4) is 0 Å². The van der Waals surface area contributed by atoms with Gasteiger partial charge in [-0.3, -0.25) is 4.79 Å². The lowest BCUT2D eigenvalue weighted by molar-refractivity contribution is 0.0943. The van der Waals surface area contributed by atoms with E-state index in [0.29, 0.717) is 12.3 Å². The highest BCUT2D eigenvalue weighted by Crippen LogP contribution is 2.15. The maximum absolute atomic E-state index is 14.0. The van der Waals surface area contributed by atoms with Gasteiger partial charge in [0.2, 0.25) is 0 Å². The molecule has 0 saturated carbocycles. The van der Waals surface area contributed by atoms with Gasteiger partial charge in [0, 0.05) is 18.8 Å². The van der Waals surface area contributed by atoms with E-state index >= 15 is 0 Å². The van der Waals surface area contributed by atoms with Gasteiger partial charge in [0.05, 0.1) is 17.8 Å². The van der Waals surface area contributed by atoms with E-state index in [-0.39, 0.29) is 17.9 Å². The Balaban J connectivity index is 2.07. The third-order valence-electron chi connectivity index (χ3n) is 2.58. The quantitative estimate of drug-likeness (QED) is 0.873. The molecule has 6 nitrogen and oxygen atoms in total. The first-order valence-corrected chi connectivity index (χ1v) is 6.20. The first kappa shape index (κ1) is 14.0. The van der Waals surface area contributed by atoms with Crippen LogP contribution in [0.15, 0.2) is 22.9 Å². The minimum Gasteiger partial charge on any atom is -0.368 e. The molecule has 1 amide bonds. The van der Waals surface area contributed by atoms with E-state index < -0.39 is 11.7 Å². The molecule has 106 valence electrons. The first-order chi connectivity index (χ1) is 9.61. The molecule has 0 spiro atoms. The highest BCUT2D eigenvalue weighted by molar-refractivity contribution is 5.95. The van der Waals surface area contributed by atoms with Crippen LogP contribution < -0.4 is 10.6 Å². The van der Waals surface area contributed by atoms with E-state index in [2.05, 4.69) is 20.8 Å². The van der Waals surface area contributed by atoms with Crippen LogP contribution in [0.4, 0.5) is 10.2 Å². The Bertz CT molecular complexity index is 612. The van der Waals surface area contributed by atoms with Crippen LogP contribution in [0.3, 0.4) is 0 Å². The molecule has 0 atom stereocenters. The lowest BCUT2D eigenvalue weighted by atomic mass is 10.2. The van der Waals surface area contributed by atoms with Gasteiger partial charge in [-0.2, -0.15) is 0 Å². The van der Waals surface area contributed by atoms with Crippen LogP contribution in [0.5, 0.6) is 0 Å². The summed E-state index contributed by atoms with van der Waals surface area (Å²) < 4.78 is 19.0. The molecule has 2 rings (SSSR count). The number of anilines is 1. The van der Waals surface area contributed by atoms with Crippen LogP contribution in [-0.2, 0) is 6.54 Å². The molecule has 0 radical (unpaired) electrons. The third kappa shape index (κ3) is 3.11. The number of halogens is 1. The number of carbonyl (C=O) groups is 1. The van der Waals surface area contributed by atoms with Gasteiger partial charge >= 0.3 is 0 Å². The number of carbonyl (C=O) groups excluding carboxylic acids is 1. The zero-order chi connectivity index (χ0) is 14.5. The monoisotopic (exact) mass is 278 g/mol. The molecule has 7 heteroatoms. The molecule has 0 aromatic carbocycles. The third-order valence-corrected chi connectivity index (χ3v) is 2.58. The molecule has 20 heavy (non-hydrogen) atoms. The fourth-order valence-electron chi connectivity index (χ4n) is 1.67. The first-order valence-electron chi connectivity index (χ1n) is 6.20. The number of hydrogen-bond acceptors (Lipinski definition) is 5. The van der Waals surface area contributed by atoms with E-state index in [1.807, 2.05) is 6.92 Å². The van der Waals surface area contributed by atoms with Gasteiger partial charge in [-0.1, -0.05) is 5.16 Å². The number of aromatic nitrogens is 2. The minimum atomic E-state index is -0.666. The SMILES string of the molecule is CCNc1nccc(C(=O)NCc2cc(C)no2)c1F. The number of amides is 1. The second kappa shape index (κ2) is 6.14. The smallest absolute Gasteiger partial charge is 0.254 e. The summed E-state index contributed by atoms with van der Waals surface area (Å²) in [7, 11) is 0. The molecule has 2 aromatic heterocycles. The Kier molecular flexibility index (Phi) is 4.29. The van der Waals surface area contributed by atoms with E-state index in [1.165, 1.54) is 12.3 Å². The number of hydrogen-bond donors (Lipinski definition) is 2. The average molecular weight is 278 g/mol. The molecule has 2 N–H and O–H groups in total. The molecule has 0 aliphatic heterocycles.